The van der Waals surface area contributed by atoms with Crippen molar-refractivity contribution in [3.8, 4) is 11.5 Å². The molecule has 0 aromatic heterocycles. The van der Waals surface area contributed by atoms with Gasteiger partial charge in [0.25, 0.3) is 5.91 Å². The summed E-state index contributed by atoms with van der Waals surface area (Å²) >= 11 is 11.2. The van der Waals surface area contributed by atoms with Crippen molar-refractivity contribution in [2.24, 2.45) is 5.16 Å². The van der Waals surface area contributed by atoms with Gasteiger partial charge in [0.2, 0.25) is 0 Å². The van der Waals surface area contributed by atoms with Crippen molar-refractivity contribution in [1.82, 2.24) is 5.32 Å². The zero-order valence-electron chi connectivity index (χ0n) is 14.8. The van der Waals surface area contributed by atoms with Gasteiger partial charge in [-0.1, -0.05) is 41.6 Å². The quantitative estimate of drug-likeness (QED) is 0.242. The fourth-order valence-electron chi connectivity index (χ4n) is 1.87. The van der Waals surface area contributed by atoms with Crippen molar-refractivity contribution in [3.63, 3.8) is 0 Å². The van der Waals surface area contributed by atoms with E-state index in [2.05, 4.69) is 10.5 Å². The monoisotopic (exact) mass is 444 g/mol. The lowest BCUT2D eigenvalue weighted by molar-refractivity contribution is -0.125. The molecule has 2 aromatic rings. The molecule has 0 saturated carbocycles. The Morgan fingerprint density at radius 2 is 1.43 bits per heavy atom. The van der Waals surface area contributed by atoms with Crippen LogP contribution in [0.2, 0.25) is 0 Å². The van der Waals surface area contributed by atoms with Gasteiger partial charge in [0, 0.05) is 0 Å². The summed E-state index contributed by atoms with van der Waals surface area (Å²) in [4.78, 5) is 16.8. The summed E-state index contributed by atoms with van der Waals surface area (Å²) in [6.07, 6.45) is -0.361. The van der Waals surface area contributed by atoms with Crippen LogP contribution in [-0.4, -0.2) is 36.3 Å². The second-order valence-corrected chi connectivity index (χ2v) is 7.81. The molecule has 2 aromatic carbocycles. The van der Waals surface area contributed by atoms with Crippen LogP contribution in [0.1, 0.15) is 0 Å². The van der Waals surface area contributed by atoms with E-state index in [4.69, 9.17) is 37.1 Å². The number of nitrogens with one attached hydrogen (secondary N) is 1. The highest BCUT2D eigenvalue weighted by Gasteiger charge is 2.29. The zero-order valence-corrected chi connectivity index (χ0v) is 17.2. The van der Waals surface area contributed by atoms with E-state index in [1.165, 1.54) is 0 Å². The molecule has 1 amide bonds. The summed E-state index contributed by atoms with van der Waals surface area (Å²) in [5.74, 6) is 0.337. The first kappa shape index (κ1) is 22.1. The molecule has 1 N–H and O–H groups in total. The van der Waals surface area contributed by atoms with Gasteiger partial charge in [-0.3, -0.25) is 4.79 Å². The average molecular weight is 445 g/mol. The van der Waals surface area contributed by atoms with Gasteiger partial charge in [-0.15, -0.1) is 23.2 Å². The minimum Gasteiger partial charge on any atom is -0.415 e. The molecule has 0 radical (unpaired) electrons. The zero-order chi connectivity index (χ0) is 20.2. The van der Waals surface area contributed by atoms with E-state index < -0.39 is 20.1 Å². The highest BCUT2D eigenvalue weighted by Crippen LogP contribution is 2.47. The lowest BCUT2D eigenvalue weighted by atomic mass is 10.3. The Morgan fingerprint density at radius 3 is 1.89 bits per heavy atom. The molecule has 2 rings (SSSR count). The summed E-state index contributed by atoms with van der Waals surface area (Å²) < 4.78 is 24.3. The van der Waals surface area contributed by atoms with Crippen LogP contribution in [-0.2, 0) is 14.2 Å². The summed E-state index contributed by atoms with van der Waals surface area (Å²) in [5.41, 5.74) is 0.390. The molecule has 0 heterocycles. The first-order valence-corrected chi connectivity index (χ1v) is 11.0. The first-order chi connectivity index (χ1) is 13.5. The number of para-hydroxylation sites is 2. The van der Waals surface area contributed by atoms with Crippen LogP contribution in [0.15, 0.2) is 65.8 Å². The van der Waals surface area contributed by atoms with E-state index >= 15 is 0 Å². The van der Waals surface area contributed by atoms with Gasteiger partial charge in [0.1, 0.15) is 17.8 Å². The number of rotatable bonds is 11. The highest BCUT2D eigenvalue weighted by atomic mass is 35.5. The Morgan fingerprint density at radius 1 is 0.929 bits per heavy atom. The number of carbonyl (C=O) groups excluding carboxylic acids is 1. The van der Waals surface area contributed by atoms with Crippen LogP contribution in [0, 0.1) is 0 Å². The van der Waals surface area contributed by atoms with E-state index in [0.717, 1.165) is 0 Å². The van der Waals surface area contributed by atoms with Crippen LogP contribution in [0.5, 0.6) is 11.5 Å². The maximum absolute atomic E-state index is 13.2. The molecule has 0 aliphatic heterocycles. The third kappa shape index (κ3) is 7.80. The summed E-state index contributed by atoms with van der Waals surface area (Å²) in [5, 5.41) is 6.10. The van der Waals surface area contributed by atoms with Crippen molar-refractivity contribution < 1.29 is 23.2 Å². The van der Waals surface area contributed by atoms with Crippen LogP contribution < -0.4 is 14.4 Å². The minimum absolute atomic E-state index is 0.0934. The third-order valence-corrected chi connectivity index (χ3v) is 5.28. The van der Waals surface area contributed by atoms with Crippen LogP contribution in [0.4, 0.5) is 0 Å². The molecule has 0 bridgehead atoms. The number of benzene rings is 2. The predicted molar refractivity (Wildman–Crippen MR) is 110 cm³/mol. The maximum atomic E-state index is 13.2. The fourth-order valence-corrected chi connectivity index (χ4v) is 3.68. The topological polar surface area (TPSA) is 86.2 Å². The Balaban J connectivity index is 2.00. The van der Waals surface area contributed by atoms with E-state index in [9.17, 15) is 9.36 Å². The summed E-state index contributed by atoms with van der Waals surface area (Å²) in [6.45, 7) is -0.395. The lowest BCUT2D eigenvalue weighted by Gasteiger charge is -2.20. The van der Waals surface area contributed by atoms with Crippen LogP contribution >= 0.6 is 30.8 Å². The first-order valence-electron chi connectivity index (χ1n) is 8.19. The molecule has 0 fully saturated rings. The Hall–Kier alpha value is -2.21. The van der Waals surface area contributed by atoms with Gasteiger partial charge in [-0.25, -0.2) is 4.57 Å². The number of hydrogen-bond acceptors (Lipinski definition) is 6. The van der Waals surface area contributed by atoms with Gasteiger partial charge < -0.3 is 19.2 Å². The van der Waals surface area contributed by atoms with Crippen LogP contribution in [0.3, 0.4) is 0 Å². The standard InChI is InChI=1S/C18H19Cl2N2O5P/c19-11-15(12-20)22-25-13-18(23)21-14-28(24,26-16-7-3-1-4-8-16)27-17-9-5-2-6-10-17/h1-10H,11-14H2,(H,21,23). The van der Waals surface area contributed by atoms with E-state index in [0.29, 0.717) is 17.2 Å². The molecule has 0 saturated heterocycles. The SMILES string of the molecule is O=C(CON=C(CCl)CCl)NCP(=O)(Oc1ccccc1)Oc1ccccc1. The molecule has 0 aliphatic carbocycles. The molecule has 150 valence electrons. The molecule has 10 heteroatoms. The normalized spacial score (nSPS) is 10.6. The van der Waals surface area contributed by atoms with Crippen molar-refractivity contribution >= 4 is 42.4 Å². The Bertz CT molecular complexity index is 770. The van der Waals surface area contributed by atoms with Gasteiger partial charge in [-0.05, 0) is 24.3 Å². The second kappa shape index (κ2) is 11.6. The van der Waals surface area contributed by atoms with Gasteiger partial charge in [0.15, 0.2) is 6.61 Å². The number of oxime groups is 1. The maximum Gasteiger partial charge on any atom is 0.449 e. The summed E-state index contributed by atoms with van der Waals surface area (Å²) in [6, 6.07) is 17.1. The van der Waals surface area contributed by atoms with Crippen LogP contribution in [0.25, 0.3) is 0 Å². The molecular formula is C18H19Cl2N2O5P. The number of carbonyl (C=O) groups is 1. The molecule has 28 heavy (non-hydrogen) atoms. The van der Waals surface area contributed by atoms with Crippen molar-refractivity contribution in [2.75, 3.05) is 24.7 Å². The molecule has 0 atom stereocenters. The summed E-state index contributed by atoms with van der Waals surface area (Å²) in [7, 11) is -3.75. The molecule has 7 nitrogen and oxygen atoms in total. The smallest absolute Gasteiger partial charge is 0.415 e. The minimum atomic E-state index is -3.75. The van der Waals surface area contributed by atoms with Gasteiger partial charge in [-0.2, -0.15) is 0 Å². The largest absolute Gasteiger partial charge is 0.449 e. The van der Waals surface area contributed by atoms with Gasteiger partial charge >= 0.3 is 7.60 Å². The fraction of sp³-hybridized carbons (Fsp3) is 0.222. The molecule has 0 aliphatic rings. The van der Waals surface area contributed by atoms with Crippen molar-refractivity contribution in [2.45, 2.75) is 0 Å². The van der Waals surface area contributed by atoms with Crippen molar-refractivity contribution in [3.05, 3.63) is 60.7 Å². The Kier molecular flexibility index (Phi) is 9.14. The molecule has 0 spiro atoms. The van der Waals surface area contributed by atoms with Gasteiger partial charge in [0.05, 0.1) is 17.5 Å². The number of nitrogens with zero attached hydrogens (tertiary/aromatic N) is 1. The number of halogens is 2. The van der Waals surface area contributed by atoms with E-state index in [1.807, 2.05) is 0 Å². The molecular weight excluding hydrogens is 426 g/mol. The highest BCUT2D eigenvalue weighted by molar-refractivity contribution is 7.54. The van der Waals surface area contributed by atoms with E-state index in [1.54, 1.807) is 60.7 Å². The average Bonchev–Trinajstić information content (AvgIpc) is 2.71. The number of amides is 1. The van der Waals surface area contributed by atoms with E-state index in [-0.39, 0.29) is 18.0 Å². The Labute approximate surface area is 173 Å². The third-order valence-electron chi connectivity index (χ3n) is 3.14. The predicted octanol–water partition coefficient (Wildman–Crippen LogP) is 4.26. The number of hydrogen-bond donors (Lipinski definition) is 1. The second-order valence-electron chi connectivity index (χ2n) is 5.38. The number of alkyl halides is 2. The molecule has 0 unspecified atom stereocenters. The van der Waals surface area contributed by atoms with Crippen molar-refractivity contribution in [1.29, 1.82) is 0 Å². The lowest BCUT2D eigenvalue weighted by Crippen LogP contribution is -2.30.